The van der Waals surface area contributed by atoms with E-state index in [1.165, 1.54) is 0 Å². The van der Waals surface area contributed by atoms with Gasteiger partial charge >= 0.3 is 0 Å². The van der Waals surface area contributed by atoms with Crippen molar-refractivity contribution in [2.75, 3.05) is 6.79 Å². The number of hydrogen-bond donors (Lipinski definition) is 0. The van der Waals surface area contributed by atoms with E-state index in [-0.39, 0.29) is 0 Å². The van der Waals surface area contributed by atoms with Crippen LogP contribution in [0.2, 0.25) is 0 Å². The standard InChI is InChI=1S/C15H13BrO3/c16-13-3-1-2-11(6-13)8-17-9-12-4-5-14-15(7-12)19-10-18-14/h1-7H,8-10H2. The van der Waals surface area contributed by atoms with E-state index < -0.39 is 0 Å². The molecule has 0 aliphatic carbocycles. The van der Waals surface area contributed by atoms with Crippen molar-refractivity contribution in [3.63, 3.8) is 0 Å². The lowest BCUT2D eigenvalue weighted by atomic mass is 10.2. The van der Waals surface area contributed by atoms with Crippen LogP contribution in [0.3, 0.4) is 0 Å². The Labute approximate surface area is 120 Å². The summed E-state index contributed by atoms with van der Waals surface area (Å²) in [6.45, 7) is 1.45. The Morgan fingerprint density at radius 2 is 1.74 bits per heavy atom. The Balaban J connectivity index is 1.58. The average molecular weight is 321 g/mol. The second-order valence-corrected chi connectivity index (χ2v) is 5.23. The molecular weight excluding hydrogens is 308 g/mol. The van der Waals surface area contributed by atoms with Crippen LogP contribution in [-0.2, 0) is 18.0 Å². The molecule has 19 heavy (non-hydrogen) atoms. The van der Waals surface area contributed by atoms with E-state index in [2.05, 4.69) is 22.0 Å². The van der Waals surface area contributed by atoms with Crippen molar-refractivity contribution in [3.8, 4) is 11.5 Å². The average Bonchev–Trinajstić information content (AvgIpc) is 2.86. The number of fused-ring (bicyclic) bond motifs is 1. The fraction of sp³-hybridized carbons (Fsp3) is 0.200. The van der Waals surface area contributed by atoms with Crippen molar-refractivity contribution in [1.29, 1.82) is 0 Å². The Hall–Kier alpha value is -1.52. The van der Waals surface area contributed by atoms with Gasteiger partial charge in [0.2, 0.25) is 6.79 Å². The molecule has 0 atom stereocenters. The highest BCUT2D eigenvalue weighted by Gasteiger charge is 2.12. The Morgan fingerprint density at radius 3 is 2.58 bits per heavy atom. The van der Waals surface area contributed by atoms with Gasteiger partial charge in [0, 0.05) is 4.47 Å². The molecule has 0 saturated carbocycles. The molecule has 0 aromatic heterocycles. The van der Waals surface area contributed by atoms with Gasteiger partial charge in [0.1, 0.15) is 0 Å². The van der Waals surface area contributed by atoms with Gasteiger partial charge in [-0.25, -0.2) is 0 Å². The number of halogens is 1. The highest BCUT2D eigenvalue weighted by atomic mass is 79.9. The molecule has 0 amide bonds. The Bertz CT molecular complexity index is 583. The molecule has 3 nitrogen and oxygen atoms in total. The Kier molecular flexibility index (Phi) is 3.71. The van der Waals surface area contributed by atoms with Gasteiger partial charge in [-0.15, -0.1) is 0 Å². The molecule has 1 aliphatic heterocycles. The monoisotopic (exact) mass is 320 g/mol. The molecule has 3 rings (SSSR count). The molecule has 1 heterocycles. The van der Waals surface area contributed by atoms with Crippen molar-refractivity contribution in [2.24, 2.45) is 0 Å². The SMILES string of the molecule is Brc1cccc(COCc2ccc3c(c2)OCO3)c1. The minimum Gasteiger partial charge on any atom is -0.454 e. The quantitative estimate of drug-likeness (QED) is 0.855. The van der Waals surface area contributed by atoms with Crippen LogP contribution >= 0.6 is 15.9 Å². The van der Waals surface area contributed by atoms with E-state index in [4.69, 9.17) is 14.2 Å². The molecular formula is C15H13BrO3. The maximum Gasteiger partial charge on any atom is 0.231 e. The topological polar surface area (TPSA) is 27.7 Å². The molecule has 0 saturated heterocycles. The highest BCUT2D eigenvalue weighted by molar-refractivity contribution is 9.10. The number of benzene rings is 2. The van der Waals surface area contributed by atoms with Crippen LogP contribution in [0.1, 0.15) is 11.1 Å². The molecule has 0 spiro atoms. The second kappa shape index (κ2) is 5.63. The third kappa shape index (κ3) is 3.08. The highest BCUT2D eigenvalue weighted by Crippen LogP contribution is 2.32. The van der Waals surface area contributed by atoms with Crippen LogP contribution in [0.5, 0.6) is 11.5 Å². The maximum absolute atomic E-state index is 5.70. The summed E-state index contributed by atoms with van der Waals surface area (Å²) in [5.74, 6) is 1.60. The van der Waals surface area contributed by atoms with Crippen LogP contribution in [0.4, 0.5) is 0 Å². The molecule has 1 aliphatic rings. The van der Waals surface area contributed by atoms with E-state index in [1.54, 1.807) is 0 Å². The van der Waals surface area contributed by atoms with Gasteiger partial charge in [0.05, 0.1) is 13.2 Å². The smallest absolute Gasteiger partial charge is 0.231 e. The fourth-order valence-electron chi connectivity index (χ4n) is 1.94. The van der Waals surface area contributed by atoms with Crippen molar-refractivity contribution in [3.05, 3.63) is 58.1 Å². The summed E-state index contributed by atoms with van der Waals surface area (Å²) >= 11 is 3.45. The van der Waals surface area contributed by atoms with E-state index in [0.717, 1.165) is 27.1 Å². The minimum atomic E-state index is 0.303. The van der Waals surface area contributed by atoms with Gasteiger partial charge < -0.3 is 14.2 Å². The summed E-state index contributed by atoms with van der Waals surface area (Å²) in [5.41, 5.74) is 2.23. The molecule has 0 fully saturated rings. The summed E-state index contributed by atoms with van der Waals surface area (Å²) in [6.07, 6.45) is 0. The first kappa shape index (κ1) is 12.5. The van der Waals surface area contributed by atoms with Crippen LogP contribution in [-0.4, -0.2) is 6.79 Å². The predicted molar refractivity (Wildman–Crippen MR) is 75.2 cm³/mol. The van der Waals surface area contributed by atoms with E-state index >= 15 is 0 Å². The largest absolute Gasteiger partial charge is 0.454 e. The third-order valence-electron chi connectivity index (χ3n) is 2.86. The van der Waals surface area contributed by atoms with Crippen LogP contribution < -0.4 is 9.47 Å². The van der Waals surface area contributed by atoms with Crippen LogP contribution in [0.15, 0.2) is 46.9 Å². The lowest BCUT2D eigenvalue weighted by Crippen LogP contribution is -1.94. The molecule has 0 N–H and O–H groups in total. The number of hydrogen-bond acceptors (Lipinski definition) is 3. The zero-order valence-electron chi connectivity index (χ0n) is 10.3. The molecule has 0 radical (unpaired) electrons. The minimum absolute atomic E-state index is 0.303. The number of ether oxygens (including phenoxy) is 3. The maximum atomic E-state index is 5.70. The van der Waals surface area contributed by atoms with Gasteiger partial charge in [0.15, 0.2) is 11.5 Å². The molecule has 98 valence electrons. The summed E-state index contributed by atoms with van der Waals surface area (Å²) in [6, 6.07) is 14.0. The van der Waals surface area contributed by atoms with Crippen LogP contribution in [0, 0.1) is 0 Å². The van der Waals surface area contributed by atoms with Gasteiger partial charge in [-0.2, -0.15) is 0 Å². The summed E-state index contributed by atoms with van der Waals surface area (Å²) in [7, 11) is 0. The molecule has 2 aromatic carbocycles. The molecule has 4 heteroatoms. The van der Waals surface area contributed by atoms with Gasteiger partial charge in [-0.1, -0.05) is 34.1 Å². The molecule has 0 unspecified atom stereocenters. The molecule has 0 bridgehead atoms. The third-order valence-corrected chi connectivity index (χ3v) is 3.36. The first-order chi connectivity index (χ1) is 9.31. The van der Waals surface area contributed by atoms with E-state index in [9.17, 15) is 0 Å². The second-order valence-electron chi connectivity index (χ2n) is 4.31. The first-order valence-electron chi connectivity index (χ1n) is 6.02. The lowest BCUT2D eigenvalue weighted by Gasteiger charge is -2.06. The Morgan fingerprint density at radius 1 is 0.947 bits per heavy atom. The zero-order valence-corrected chi connectivity index (χ0v) is 11.9. The summed E-state index contributed by atoms with van der Waals surface area (Å²) in [4.78, 5) is 0. The van der Waals surface area contributed by atoms with Gasteiger partial charge in [-0.3, -0.25) is 0 Å². The van der Waals surface area contributed by atoms with Crippen molar-refractivity contribution < 1.29 is 14.2 Å². The van der Waals surface area contributed by atoms with Gasteiger partial charge in [0.25, 0.3) is 0 Å². The first-order valence-corrected chi connectivity index (χ1v) is 6.81. The normalized spacial score (nSPS) is 12.7. The van der Waals surface area contributed by atoms with E-state index in [1.807, 2.05) is 36.4 Å². The molecule has 2 aromatic rings. The van der Waals surface area contributed by atoms with Crippen molar-refractivity contribution in [2.45, 2.75) is 13.2 Å². The van der Waals surface area contributed by atoms with E-state index in [0.29, 0.717) is 20.0 Å². The van der Waals surface area contributed by atoms with Gasteiger partial charge in [-0.05, 0) is 35.4 Å². The summed E-state index contributed by atoms with van der Waals surface area (Å²) < 4.78 is 17.4. The lowest BCUT2D eigenvalue weighted by molar-refractivity contribution is 0.107. The fourth-order valence-corrected chi connectivity index (χ4v) is 2.39. The predicted octanol–water partition coefficient (Wildman–Crippen LogP) is 3.89. The number of rotatable bonds is 4. The zero-order chi connectivity index (χ0) is 13.1. The van der Waals surface area contributed by atoms with Crippen LogP contribution in [0.25, 0.3) is 0 Å². The summed E-state index contributed by atoms with van der Waals surface area (Å²) in [5, 5.41) is 0. The van der Waals surface area contributed by atoms with Crippen molar-refractivity contribution in [1.82, 2.24) is 0 Å². The van der Waals surface area contributed by atoms with Crippen molar-refractivity contribution >= 4 is 15.9 Å².